The molecule has 0 heterocycles. The monoisotopic (exact) mass is 229 g/mol. The number of rotatable bonds is 3. The van der Waals surface area contributed by atoms with Gasteiger partial charge in [0.25, 0.3) is 0 Å². The van der Waals surface area contributed by atoms with Gasteiger partial charge in [-0.05, 0) is 17.7 Å². The standard InChI is InChI=1S/C13H11NOS/c15-16(13-9-5-2-6-10-13)14-11-12-7-3-1-4-8-12/h1-11H. The van der Waals surface area contributed by atoms with Crippen LogP contribution in [0, 0.1) is 0 Å². The Morgan fingerprint density at radius 1 is 0.875 bits per heavy atom. The first-order valence-electron chi connectivity index (χ1n) is 4.92. The van der Waals surface area contributed by atoms with Crippen LogP contribution in [0.4, 0.5) is 0 Å². The fourth-order valence-corrected chi connectivity index (χ4v) is 1.97. The quantitative estimate of drug-likeness (QED) is 0.744. The molecule has 0 radical (unpaired) electrons. The zero-order valence-corrected chi connectivity index (χ0v) is 9.43. The van der Waals surface area contributed by atoms with Gasteiger partial charge in [0.1, 0.15) is 0 Å². The summed E-state index contributed by atoms with van der Waals surface area (Å²) < 4.78 is 15.7. The molecule has 2 aromatic rings. The second kappa shape index (κ2) is 5.37. The molecule has 0 aliphatic heterocycles. The van der Waals surface area contributed by atoms with Crippen molar-refractivity contribution in [2.75, 3.05) is 0 Å². The molecule has 3 heteroatoms. The van der Waals surface area contributed by atoms with Crippen molar-refractivity contribution in [3.05, 3.63) is 66.2 Å². The lowest BCUT2D eigenvalue weighted by Gasteiger charge is -1.94. The SMILES string of the molecule is O=S(N=Cc1ccccc1)c1ccccc1. The average Bonchev–Trinajstić information content (AvgIpc) is 2.38. The third-order valence-corrected chi connectivity index (χ3v) is 3.01. The molecule has 0 aromatic heterocycles. The van der Waals surface area contributed by atoms with E-state index in [-0.39, 0.29) is 0 Å². The Morgan fingerprint density at radius 3 is 2.06 bits per heavy atom. The van der Waals surface area contributed by atoms with E-state index >= 15 is 0 Å². The van der Waals surface area contributed by atoms with Gasteiger partial charge in [0.2, 0.25) is 0 Å². The Hall–Kier alpha value is -1.74. The Kier molecular flexibility index (Phi) is 3.62. The summed E-state index contributed by atoms with van der Waals surface area (Å²) in [6.07, 6.45) is 1.63. The third kappa shape index (κ3) is 2.87. The van der Waals surface area contributed by atoms with Crippen LogP contribution in [0.2, 0.25) is 0 Å². The summed E-state index contributed by atoms with van der Waals surface area (Å²) in [5, 5.41) is 0. The molecule has 0 saturated heterocycles. The van der Waals surface area contributed by atoms with Crippen LogP contribution < -0.4 is 0 Å². The maximum absolute atomic E-state index is 11.7. The first-order valence-corrected chi connectivity index (χ1v) is 6.03. The van der Waals surface area contributed by atoms with Gasteiger partial charge in [-0.2, -0.15) is 4.40 Å². The Bertz CT molecular complexity index is 494. The van der Waals surface area contributed by atoms with Crippen LogP contribution in [-0.4, -0.2) is 10.4 Å². The molecule has 80 valence electrons. The minimum Gasteiger partial charge on any atom is -0.229 e. The molecule has 0 fully saturated rings. The largest absolute Gasteiger partial charge is 0.229 e. The summed E-state index contributed by atoms with van der Waals surface area (Å²) in [6, 6.07) is 18.8. The summed E-state index contributed by atoms with van der Waals surface area (Å²) in [6.45, 7) is 0. The minimum absolute atomic E-state index is 0.717. The van der Waals surface area contributed by atoms with Gasteiger partial charge in [-0.15, -0.1) is 0 Å². The molecule has 2 nitrogen and oxygen atoms in total. The lowest BCUT2D eigenvalue weighted by molar-refractivity contribution is 0.684. The van der Waals surface area contributed by atoms with Gasteiger partial charge in [-0.3, -0.25) is 0 Å². The van der Waals surface area contributed by atoms with E-state index in [0.29, 0.717) is 0 Å². The molecule has 1 atom stereocenters. The Balaban J connectivity index is 2.12. The van der Waals surface area contributed by atoms with Gasteiger partial charge in [-0.25, -0.2) is 4.21 Å². The van der Waals surface area contributed by atoms with Crippen molar-refractivity contribution in [2.45, 2.75) is 4.90 Å². The fraction of sp³-hybridized carbons (Fsp3) is 0. The lowest BCUT2D eigenvalue weighted by Crippen LogP contribution is -1.88. The van der Waals surface area contributed by atoms with E-state index in [1.54, 1.807) is 18.3 Å². The van der Waals surface area contributed by atoms with Gasteiger partial charge < -0.3 is 0 Å². The first kappa shape index (κ1) is 10.8. The van der Waals surface area contributed by atoms with E-state index in [9.17, 15) is 4.21 Å². The second-order valence-corrected chi connectivity index (χ2v) is 4.39. The normalized spacial score (nSPS) is 12.8. The van der Waals surface area contributed by atoms with Crippen LogP contribution in [0.15, 0.2) is 70.0 Å². The van der Waals surface area contributed by atoms with Gasteiger partial charge in [0.15, 0.2) is 11.0 Å². The molecule has 0 N–H and O–H groups in total. The van der Waals surface area contributed by atoms with Crippen molar-refractivity contribution < 1.29 is 4.21 Å². The minimum atomic E-state index is -1.31. The molecule has 0 bridgehead atoms. The zero-order valence-electron chi connectivity index (χ0n) is 8.61. The molecular weight excluding hydrogens is 218 g/mol. The van der Waals surface area contributed by atoms with Crippen LogP contribution in [0.1, 0.15) is 5.56 Å². The summed E-state index contributed by atoms with van der Waals surface area (Å²) in [5.41, 5.74) is 0.951. The van der Waals surface area contributed by atoms with Crippen molar-refractivity contribution in [3.8, 4) is 0 Å². The van der Waals surface area contributed by atoms with E-state index in [1.165, 1.54) is 0 Å². The van der Waals surface area contributed by atoms with Crippen LogP contribution in [0.25, 0.3) is 0 Å². The van der Waals surface area contributed by atoms with E-state index in [4.69, 9.17) is 0 Å². The van der Waals surface area contributed by atoms with Crippen molar-refractivity contribution in [1.29, 1.82) is 0 Å². The van der Waals surface area contributed by atoms with Crippen LogP contribution >= 0.6 is 0 Å². The van der Waals surface area contributed by atoms with Gasteiger partial charge in [-0.1, -0.05) is 48.5 Å². The van der Waals surface area contributed by atoms with Crippen molar-refractivity contribution in [3.63, 3.8) is 0 Å². The fourth-order valence-electron chi connectivity index (χ4n) is 1.25. The predicted molar refractivity (Wildman–Crippen MR) is 66.9 cm³/mol. The molecule has 16 heavy (non-hydrogen) atoms. The number of nitrogens with zero attached hydrogens (tertiary/aromatic N) is 1. The number of hydrogen-bond acceptors (Lipinski definition) is 1. The van der Waals surface area contributed by atoms with Crippen molar-refractivity contribution >= 4 is 17.2 Å². The smallest absolute Gasteiger partial charge is 0.172 e. The second-order valence-electron chi connectivity index (χ2n) is 3.21. The molecule has 0 amide bonds. The highest BCUT2D eigenvalue weighted by Gasteiger charge is 1.98. The van der Waals surface area contributed by atoms with Crippen molar-refractivity contribution in [2.24, 2.45) is 4.40 Å². The van der Waals surface area contributed by atoms with E-state index < -0.39 is 11.0 Å². The molecule has 2 rings (SSSR count). The highest BCUT2D eigenvalue weighted by Crippen LogP contribution is 2.06. The average molecular weight is 229 g/mol. The van der Waals surface area contributed by atoms with E-state index in [0.717, 1.165) is 10.5 Å². The van der Waals surface area contributed by atoms with E-state index in [2.05, 4.69) is 4.40 Å². The molecule has 2 aromatic carbocycles. The molecule has 0 saturated carbocycles. The molecular formula is C13H11NOS. The lowest BCUT2D eigenvalue weighted by atomic mass is 10.2. The first-order chi connectivity index (χ1) is 7.86. The third-order valence-electron chi connectivity index (χ3n) is 2.04. The number of benzene rings is 2. The number of hydrogen-bond donors (Lipinski definition) is 0. The molecule has 0 aliphatic carbocycles. The molecule has 0 spiro atoms. The summed E-state index contributed by atoms with van der Waals surface area (Å²) in [5.74, 6) is 0. The summed E-state index contributed by atoms with van der Waals surface area (Å²) in [7, 11) is -1.31. The van der Waals surface area contributed by atoms with Crippen LogP contribution in [-0.2, 0) is 11.0 Å². The predicted octanol–water partition coefficient (Wildman–Crippen LogP) is 2.83. The highest BCUT2D eigenvalue weighted by atomic mass is 32.2. The van der Waals surface area contributed by atoms with Gasteiger partial charge in [0.05, 0.1) is 4.90 Å². The molecule has 1 unspecified atom stereocenters. The van der Waals surface area contributed by atoms with Crippen LogP contribution in [0.3, 0.4) is 0 Å². The van der Waals surface area contributed by atoms with E-state index in [1.807, 2.05) is 48.5 Å². The van der Waals surface area contributed by atoms with Gasteiger partial charge >= 0.3 is 0 Å². The van der Waals surface area contributed by atoms with Crippen molar-refractivity contribution in [1.82, 2.24) is 0 Å². The molecule has 0 aliphatic rings. The summed E-state index contributed by atoms with van der Waals surface area (Å²) >= 11 is 0. The highest BCUT2D eigenvalue weighted by molar-refractivity contribution is 7.83. The Morgan fingerprint density at radius 2 is 1.44 bits per heavy atom. The Labute approximate surface area is 97.3 Å². The summed E-state index contributed by atoms with van der Waals surface area (Å²) in [4.78, 5) is 0.717. The topological polar surface area (TPSA) is 29.4 Å². The zero-order chi connectivity index (χ0) is 11.2. The van der Waals surface area contributed by atoms with Crippen LogP contribution in [0.5, 0.6) is 0 Å². The van der Waals surface area contributed by atoms with Gasteiger partial charge in [0, 0.05) is 6.21 Å². The maximum atomic E-state index is 11.7. The maximum Gasteiger partial charge on any atom is 0.172 e.